The minimum atomic E-state index is 0.0133. The molecular weight excluding hydrogens is 311 g/mol. The van der Waals surface area contributed by atoms with Crippen LogP contribution in [0.5, 0.6) is 0 Å². The summed E-state index contributed by atoms with van der Waals surface area (Å²) in [6.07, 6.45) is 11.3. The fraction of sp³-hybridized carbons (Fsp3) is 0.739. The van der Waals surface area contributed by atoms with Crippen LogP contribution in [0.4, 0.5) is 4.39 Å². The lowest BCUT2D eigenvalue weighted by Crippen LogP contribution is -2.33. The molecule has 1 saturated carbocycles. The highest BCUT2D eigenvalue weighted by molar-refractivity contribution is 5.35. The first-order chi connectivity index (χ1) is 12.1. The lowest BCUT2D eigenvalue weighted by molar-refractivity contribution is -0.0435. The van der Waals surface area contributed by atoms with Crippen LogP contribution >= 0.6 is 0 Å². The van der Waals surface area contributed by atoms with Gasteiger partial charge in [0, 0.05) is 5.92 Å². The molecule has 0 spiro atoms. The Balaban J connectivity index is 1.58. The monoisotopic (exact) mass is 346 g/mol. The summed E-state index contributed by atoms with van der Waals surface area (Å²) in [6, 6.07) is 4.16. The van der Waals surface area contributed by atoms with Gasteiger partial charge in [-0.1, -0.05) is 51.7 Å². The van der Waals surface area contributed by atoms with Gasteiger partial charge in [0.05, 0.1) is 12.7 Å². The molecule has 140 valence electrons. The van der Waals surface area contributed by atoms with Gasteiger partial charge in [0.2, 0.25) is 0 Å². The lowest BCUT2D eigenvalue weighted by Gasteiger charge is -2.38. The van der Waals surface area contributed by atoms with Crippen molar-refractivity contribution in [3.63, 3.8) is 0 Å². The van der Waals surface area contributed by atoms with Gasteiger partial charge in [-0.15, -0.1) is 0 Å². The standard InChI is InChI=1S/C23H35FO/c1-4-6-19-11-13-21(16(3)23(19)24)20-12-14-22(25-15-20)18-9-7-17(5-2)8-10-18/h11,13,17-18,20,22H,4-10,12,14-15H2,1-3H3. The third kappa shape index (κ3) is 4.27. The van der Waals surface area contributed by atoms with Crippen LogP contribution in [0.2, 0.25) is 0 Å². The summed E-state index contributed by atoms with van der Waals surface area (Å²) in [6.45, 7) is 7.14. The summed E-state index contributed by atoms with van der Waals surface area (Å²) >= 11 is 0. The van der Waals surface area contributed by atoms with Crippen LogP contribution in [-0.4, -0.2) is 12.7 Å². The van der Waals surface area contributed by atoms with Crippen molar-refractivity contribution in [2.45, 2.75) is 90.6 Å². The van der Waals surface area contributed by atoms with Crippen molar-refractivity contribution >= 4 is 0 Å². The molecule has 2 unspecified atom stereocenters. The normalized spacial score (nSPS) is 30.4. The average molecular weight is 347 g/mol. The largest absolute Gasteiger partial charge is 0.377 e. The first-order valence-corrected chi connectivity index (χ1v) is 10.5. The highest BCUT2D eigenvalue weighted by atomic mass is 19.1. The fourth-order valence-corrected chi connectivity index (χ4v) is 5.02. The van der Waals surface area contributed by atoms with Crippen LogP contribution in [0.25, 0.3) is 0 Å². The summed E-state index contributed by atoms with van der Waals surface area (Å²) in [5.74, 6) is 2.08. The average Bonchev–Trinajstić information content (AvgIpc) is 2.66. The molecule has 1 aliphatic carbocycles. The van der Waals surface area contributed by atoms with E-state index in [4.69, 9.17) is 4.74 Å². The quantitative estimate of drug-likeness (QED) is 0.586. The first kappa shape index (κ1) is 18.9. The SMILES string of the molecule is CCCc1ccc(C2CCC(C3CCC(CC)CC3)OC2)c(C)c1F. The summed E-state index contributed by atoms with van der Waals surface area (Å²) in [5, 5.41) is 0. The number of hydrogen-bond donors (Lipinski definition) is 0. The van der Waals surface area contributed by atoms with E-state index in [2.05, 4.69) is 19.9 Å². The number of halogens is 1. The van der Waals surface area contributed by atoms with Gasteiger partial charge in [0.1, 0.15) is 5.82 Å². The fourth-order valence-electron chi connectivity index (χ4n) is 5.02. The van der Waals surface area contributed by atoms with Gasteiger partial charge in [0.25, 0.3) is 0 Å². The molecule has 0 radical (unpaired) electrons. The van der Waals surface area contributed by atoms with Crippen molar-refractivity contribution in [2.75, 3.05) is 6.61 Å². The zero-order valence-electron chi connectivity index (χ0n) is 16.3. The van der Waals surface area contributed by atoms with Crippen LogP contribution < -0.4 is 0 Å². The molecule has 0 bridgehead atoms. The second-order valence-corrected chi connectivity index (χ2v) is 8.34. The van der Waals surface area contributed by atoms with Crippen LogP contribution in [0, 0.1) is 24.6 Å². The van der Waals surface area contributed by atoms with E-state index in [1.165, 1.54) is 37.7 Å². The molecule has 1 aliphatic heterocycles. The summed E-state index contributed by atoms with van der Waals surface area (Å²) in [5.41, 5.74) is 2.89. The van der Waals surface area contributed by atoms with Crippen molar-refractivity contribution in [1.82, 2.24) is 0 Å². The van der Waals surface area contributed by atoms with Crippen LogP contribution in [0.1, 0.15) is 87.8 Å². The van der Waals surface area contributed by atoms with E-state index < -0.39 is 0 Å². The Hall–Kier alpha value is -0.890. The van der Waals surface area contributed by atoms with Crippen LogP contribution in [0.15, 0.2) is 12.1 Å². The van der Waals surface area contributed by atoms with Gasteiger partial charge in [-0.25, -0.2) is 4.39 Å². The Morgan fingerprint density at radius 1 is 1.04 bits per heavy atom. The topological polar surface area (TPSA) is 9.23 Å². The number of benzene rings is 1. The highest BCUT2D eigenvalue weighted by Crippen LogP contribution is 2.39. The molecule has 2 fully saturated rings. The molecule has 1 aromatic carbocycles. The highest BCUT2D eigenvalue weighted by Gasteiger charge is 2.32. The predicted octanol–water partition coefficient (Wildman–Crippen LogP) is 6.57. The molecule has 2 atom stereocenters. The molecule has 2 aliphatic rings. The molecule has 0 aromatic heterocycles. The van der Waals surface area contributed by atoms with Crippen molar-refractivity contribution in [1.29, 1.82) is 0 Å². The lowest BCUT2D eigenvalue weighted by atomic mass is 9.76. The predicted molar refractivity (Wildman–Crippen MR) is 103 cm³/mol. The van der Waals surface area contributed by atoms with Gasteiger partial charge in [-0.05, 0) is 67.6 Å². The third-order valence-corrected chi connectivity index (χ3v) is 6.77. The number of rotatable bonds is 5. The maximum Gasteiger partial charge on any atom is 0.129 e. The molecule has 25 heavy (non-hydrogen) atoms. The molecule has 1 saturated heterocycles. The van der Waals surface area contributed by atoms with Crippen LogP contribution in [-0.2, 0) is 11.2 Å². The van der Waals surface area contributed by atoms with E-state index >= 15 is 0 Å². The molecule has 2 heteroatoms. The number of hydrogen-bond acceptors (Lipinski definition) is 1. The maximum absolute atomic E-state index is 14.6. The van der Waals surface area contributed by atoms with E-state index in [-0.39, 0.29) is 5.82 Å². The minimum absolute atomic E-state index is 0.0133. The van der Waals surface area contributed by atoms with E-state index in [1.807, 2.05) is 13.0 Å². The Morgan fingerprint density at radius 2 is 1.80 bits per heavy atom. The van der Waals surface area contributed by atoms with E-state index in [0.29, 0.717) is 12.0 Å². The van der Waals surface area contributed by atoms with Gasteiger partial charge in [-0.2, -0.15) is 0 Å². The minimum Gasteiger partial charge on any atom is -0.377 e. The Kier molecular flexibility index (Phi) is 6.55. The van der Waals surface area contributed by atoms with Crippen molar-refractivity contribution in [2.24, 2.45) is 11.8 Å². The molecular formula is C23H35FO. The second kappa shape index (κ2) is 8.66. The van der Waals surface area contributed by atoms with E-state index in [1.54, 1.807) is 0 Å². The molecule has 1 heterocycles. The number of aryl methyl sites for hydroxylation is 1. The molecule has 0 N–H and O–H groups in total. The van der Waals surface area contributed by atoms with Gasteiger partial charge in [0.15, 0.2) is 0 Å². The second-order valence-electron chi connectivity index (χ2n) is 8.34. The summed E-state index contributed by atoms with van der Waals surface area (Å²) in [7, 11) is 0. The van der Waals surface area contributed by atoms with Crippen molar-refractivity contribution < 1.29 is 9.13 Å². The number of ether oxygens (including phenoxy) is 1. The molecule has 1 nitrogen and oxygen atoms in total. The third-order valence-electron chi connectivity index (χ3n) is 6.77. The van der Waals surface area contributed by atoms with Gasteiger partial charge >= 0.3 is 0 Å². The van der Waals surface area contributed by atoms with Crippen molar-refractivity contribution in [3.8, 4) is 0 Å². The van der Waals surface area contributed by atoms with E-state index in [9.17, 15) is 4.39 Å². The Labute approximate surface area is 153 Å². The van der Waals surface area contributed by atoms with Gasteiger partial charge in [-0.3, -0.25) is 0 Å². The maximum atomic E-state index is 14.6. The Bertz CT molecular complexity index is 551. The summed E-state index contributed by atoms with van der Waals surface area (Å²) in [4.78, 5) is 0. The first-order valence-electron chi connectivity index (χ1n) is 10.5. The van der Waals surface area contributed by atoms with Crippen LogP contribution in [0.3, 0.4) is 0 Å². The molecule has 3 rings (SSSR count). The van der Waals surface area contributed by atoms with Crippen molar-refractivity contribution in [3.05, 3.63) is 34.6 Å². The summed E-state index contributed by atoms with van der Waals surface area (Å²) < 4.78 is 20.9. The zero-order valence-corrected chi connectivity index (χ0v) is 16.3. The van der Waals surface area contributed by atoms with E-state index in [0.717, 1.165) is 55.3 Å². The molecule has 1 aromatic rings. The molecule has 0 amide bonds. The van der Waals surface area contributed by atoms with Gasteiger partial charge < -0.3 is 4.74 Å². The zero-order chi connectivity index (χ0) is 17.8. The Morgan fingerprint density at radius 3 is 2.40 bits per heavy atom. The smallest absolute Gasteiger partial charge is 0.129 e.